The van der Waals surface area contributed by atoms with Crippen LogP contribution in [0, 0.1) is 0 Å². The van der Waals surface area contributed by atoms with Gasteiger partial charge in [0.05, 0.1) is 16.5 Å². The van der Waals surface area contributed by atoms with Gasteiger partial charge in [-0.3, -0.25) is 0 Å². The van der Waals surface area contributed by atoms with Crippen molar-refractivity contribution in [3.63, 3.8) is 0 Å². The summed E-state index contributed by atoms with van der Waals surface area (Å²) in [6.07, 6.45) is 0. The van der Waals surface area contributed by atoms with Crippen molar-refractivity contribution in [2.45, 2.75) is 5.41 Å². The molecule has 0 saturated carbocycles. The molecule has 4 aromatic heterocycles. The minimum Gasteiger partial charge on any atom is -0.455 e. The summed E-state index contributed by atoms with van der Waals surface area (Å²) in [4.78, 5) is 16.2. The van der Waals surface area contributed by atoms with Crippen LogP contribution in [0.1, 0.15) is 22.3 Å². The molecule has 0 fully saturated rings. The minimum absolute atomic E-state index is 0.514. The van der Waals surface area contributed by atoms with Gasteiger partial charge >= 0.3 is 0 Å². The number of furan rings is 3. The first-order valence-electron chi connectivity index (χ1n) is 21.6. The number of para-hydroxylation sites is 5. The van der Waals surface area contributed by atoms with Gasteiger partial charge in [0.2, 0.25) is 0 Å². The molecule has 2 aliphatic rings. The summed E-state index contributed by atoms with van der Waals surface area (Å²) in [6.45, 7) is 0. The average molecular weight is 818 g/mol. The Morgan fingerprint density at radius 3 is 1.22 bits per heavy atom. The van der Waals surface area contributed by atoms with E-state index in [0.29, 0.717) is 17.5 Å². The topological polar surface area (TPSA) is 78.1 Å². The van der Waals surface area contributed by atoms with Crippen molar-refractivity contribution in [2.75, 3.05) is 0 Å². The third kappa shape index (κ3) is 4.26. The van der Waals surface area contributed by atoms with Gasteiger partial charge in [0.25, 0.3) is 0 Å². The molecule has 64 heavy (non-hydrogen) atoms. The highest BCUT2D eigenvalue weighted by Gasteiger charge is 2.53. The van der Waals surface area contributed by atoms with E-state index in [-0.39, 0.29) is 0 Å². The van der Waals surface area contributed by atoms with E-state index in [1.165, 1.54) is 27.8 Å². The lowest BCUT2D eigenvalue weighted by atomic mass is 9.70. The summed E-state index contributed by atoms with van der Waals surface area (Å²) in [5, 5.41) is 6.33. The Hall–Kier alpha value is -8.61. The van der Waals surface area contributed by atoms with Crippen LogP contribution in [0.5, 0.6) is 0 Å². The molecule has 13 aromatic rings. The fraction of sp³-hybridized carbons (Fsp3) is 0.0172. The number of hydrogen-bond donors (Lipinski definition) is 0. The molecule has 1 spiro atoms. The second-order valence-electron chi connectivity index (χ2n) is 16.9. The summed E-state index contributed by atoms with van der Waals surface area (Å²) >= 11 is 0. The zero-order valence-corrected chi connectivity index (χ0v) is 34.0. The fourth-order valence-electron chi connectivity index (χ4n) is 11.2. The maximum Gasteiger partial charge on any atom is 0.167 e. The Morgan fingerprint density at radius 2 is 0.641 bits per heavy atom. The van der Waals surface area contributed by atoms with Gasteiger partial charge in [-0.25, -0.2) is 15.0 Å². The van der Waals surface area contributed by atoms with Gasteiger partial charge in [-0.1, -0.05) is 158 Å². The molecule has 9 aromatic carbocycles. The maximum absolute atomic E-state index is 6.79. The lowest BCUT2D eigenvalue weighted by Gasteiger charge is -2.30. The predicted molar refractivity (Wildman–Crippen MR) is 254 cm³/mol. The maximum atomic E-state index is 6.79. The first kappa shape index (κ1) is 34.0. The van der Waals surface area contributed by atoms with Gasteiger partial charge in [0.15, 0.2) is 17.5 Å². The number of fused-ring (bicyclic) bond motifs is 20. The summed E-state index contributed by atoms with van der Waals surface area (Å²) in [5.74, 6) is 1.59. The van der Waals surface area contributed by atoms with Crippen molar-refractivity contribution in [3.8, 4) is 56.4 Å². The molecule has 0 radical (unpaired) electrons. The van der Waals surface area contributed by atoms with E-state index in [1.54, 1.807) is 0 Å². The average Bonchev–Trinajstić information content (AvgIpc) is 4.16. The van der Waals surface area contributed by atoms with Crippen molar-refractivity contribution in [1.29, 1.82) is 0 Å². The Bertz CT molecular complexity index is 4040. The van der Waals surface area contributed by atoms with Crippen LogP contribution in [-0.2, 0) is 5.41 Å². The Kier molecular flexibility index (Phi) is 6.53. The monoisotopic (exact) mass is 817 g/mol. The molecule has 0 N–H and O–H groups in total. The summed E-state index contributed by atoms with van der Waals surface area (Å²) in [5.41, 5.74) is 16.1. The number of rotatable bonds is 3. The molecule has 0 bridgehead atoms. The molecule has 1 unspecified atom stereocenters. The molecular weight excluding hydrogens is 787 g/mol. The smallest absolute Gasteiger partial charge is 0.167 e. The van der Waals surface area contributed by atoms with E-state index >= 15 is 0 Å². The molecule has 296 valence electrons. The minimum atomic E-state index is -0.626. The fourth-order valence-corrected chi connectivity index (χ4v) is 11.2. The predicted octanol–water partition coefficient (Wildman–Crippen LogP) is 14.9. The van der Waals surface area contributed by atoms with Crippen LogP contribution in [0.15, 0.2) is 201 Å². The van der Waals surface area contributed by atoms with Crippen molar-refractivity contribution >= 4 is 65.8 Å². The lowest BCUT2D eigenvalue weighted by Crippen LogP contribution is -2.25. The Morgan fingerprint density at radius 1 is 0.266 bits per heavy atom. The molecule has 15 rings (SSSR count). The van der Waals surface area contributed by atoms with E-state index < -0.39 is 5.41 Å². The number of benzene rings is 9. The van der Waals surface area contributed by atoms with Crippen LogP contribution in [0.3, 0.4) is 0 Å². The number of nitrogens with zero attached hydrogens (tertiary/aromatic N) is 3. The second-order valence-corrected chi connectivity index (χ2v) is 16.9. The van der Waals surface area contributed by atoms with Crippen molar-refractivity contribution < 1.29 is 13.3 Å². The van der Waals surface area contributed by atoms with E-state index in [4.69, 9.17) is 28.2 Å². The van der Waals surface area contributed by atoms with E-state index in [2.05, 4.69) is 133 Å². The van der Waals surface area contributed by atoms with Gasteiger partial charge in [-0.2, -0.15) is 0 Å². The molecule has 0 amide bonds. The van der Waals surface area contributed by atoms with E-state index in [0.717, 1.165) is 99.2 Å². The Labute approximate surface area is 364 Å². The number of hydrogen-bond acceptors (Lipinski definition) is 6. The third-order valence-corrected chi connectivity index (χ3v) is 13.8. The van der Waals surface area contributed by atoms with Gasteiger partial charge in [-0.05, 0) is 69.3 Å². The molecule has 6 nitrogen and oxygen atoms in total. The van der Waals surface area contributed by atoms with Crippen LogP contribution in [0.2, 0.25) is 0 Å². The molecule has 4 heterocycles. The summed E-state index contributed by atoms with van der Waals surface area (Å²) in [6, 6.07) is 65.9. The van der Waals surface area contributed by atoms with Crippen molar-refractivity contribution in [1.82, 2.24) is 15.0 Å². The molecular formula is C58H31N3O3. The molecule has 6 heteroatoms. The highest BCUT2D eigenvalue weighted by molar-refractivity contribution is 6.14. The van der Waals surface area contributed by atoms with E-state index in [9.17, 15) is 0 Å². The standard InChI is InChI=1S/C58H31N3O3/c1-6-24-43-38(17-1)50-40(21-13-26-45(50)58(43)44-25-7-2-18-39(44)51-46(58)31-30-37-34-16-5-10-29-49(34)64-54(37)51)55-59-56(41-22-11-19-35-32-14-3-8-27-47(32)62-52(35)41)61-57(60-55)42-23-12-20-36-33-15-4-9-28-48(33)63-53(36)42/h1-31H. The van der Waals surface area contributed by atoms with Gasteiger partial charge in [-0.15, -0.1) is 0 Å². The van der Waals surface area contributed by atoms with Crippen LogP contribution in [0.25, 0.3) is 122 Å². The second kappa shape index (κ2) is 12.3. The summed E-state index contributed by atoms with van der Waals surface area (Å²) in [7, 11) is 0. The van der Waals surface area contributed by atoms with Crippen LogP contribution in [-0.4, -0.2) is 15.0 Å². The van der Waals surface area contributed by atoms with Crippen molar-refractivity contribution in [3.05, 3.63) is 210 Å². The van der Waals surface area contributed by atoms with Crippen LogP contribution in [0.4, 0.5) is 0 Å². The quantitative estimate of drug-likeness (QED) is 0.177. The van der Waals surface area contributed by atoms with Gasteiger partial charge < -0.3 is 13.3 Å². The lowest BCUT2D eigenvalue weighted by molar-refractivity contribution is 0.668. The molecule has 1 atom stereocenters. The zero-order chi connectivity index (χ0) is 41.7. The van der Waals surface area contributed by atoms with Gasteiger partial charge in [0, 0.05) is 43.4 Å². The normalized spacial score (nSPS) is 14.9. The zero-order valence-electron chi connectivity index (χ0n) is 34.0. The highest BCUT2D eigenvalue weighted by Crippen LogP contribution is 2.65. The van der Waals surface area contributed by atoms with Gasteiger partial charge in [0.1, 0.15) is 33.5 Å². The molecule has 0 aliphatic heterocycles. The molecule has 2 aliphatic carbocycles. The largest absolute Gasteiger partial charge is 0.455 e. The summed E-state index contributed by atoms with van der Waals surface area (Å²) < 4.78 is 20.0. The number of aromatic nitrogens is 3. The van der Waals surface area contributed by atoms with Crippen LogP contribution >= 0.6 is 0 Å². The first-order chi connectivity index (χ1) is 31.7. The molecule has 0 saturated heterocycles. The van der Waals surface area contributed by atoms with Crippen molar-refractivity contribution in [2.24, 2.45) is 0 Å². The highest BCUT2D eigenvalue weighted by atomic mass is 16.3. The SMILES string of the molecule is c1ccc2c(c1)-c1c(-c3nc(-c4cccc5c4oc4ccccc45)nc(-c4cccc5c4oc4ccccc45)n3)cccc1C21c2ccccc2-c2c1ccc1c2oc2ccccc21. The first-order valence-corrected chi connectivity index (χ1v) is 21.6. The van der Waals surface area contributed by atoms with E-state index in [1.807, 2.05) is 54.6 Å². The van der Waals surface area contributed by atoms with Crippen LogP contribution < -0.4 is 0 Å². The Balaban J connectivity index is 1.03. The third-order valence-electron chi connectivity index (χ3n) is 13.8.